The lowest BCUT2D eigenvalue weighted by Crippen LogP contribution is -2.49. The van der Waals surface area contributed by atoms with E-state index in [-0.39, 0.29) is 37.8 Å². The van der Waals surface area contributed by atoms with Crippen LogP contribution in [0.25, 0.3) is 5.69 Å². The highest BCUT2D eigenvalue weighted by atomic mass is 19.4. The van der Waals surface area contributed by atoms with Gasteiger partial charge in [0.25, 0.3) is 11.6 Å². The number of hydrogen-bond acceptors (Lipinski definition) is 7. The molecule has 2 heterocycles. The van der Waals surface area contributed by atoms with Gasteiger partial charge in [-0.3, -0.25) is 14.9 Å². The molecule has 166 valence electrons. The molecule has 3 aromatic rings. The first kappa shape index (κ1) is 21.2. The van der Waals surface area contributed by atoms with E-state index in [2.05, 4.69) is 15.5 Å². The van der Waals surface area contributed by atoms with Gasteiger partial charge in [0.15, 0.2) is 0 Å². The Morgan fingerprint density at radius 1 is 1.06 bits per heavy atom. The maximum atomic E-state index is 12.9. The van der Waals surface area contributed by atoms with Crippen LogP contribution < -0.4 is 4.90 Å². The molecule has 13 heteroatoms. The van der Waals surface area contributed by atoms with Crippen molar-refractivity contribution in [1.29, 1.82) is 0 Å². The number of nitrogens with zero attached hydrogens (tertiary/aromatic N) is 7. The van der Waals surface area contributed by atoms with Crippen LogP contribution in [0.3, 0.4) is 0 Å². The van der Waals surface area contributed by atoms with E-state index in [0.717, 1.165) is 12.1 Å². The van der Waals surface area contributed by atoms with Crippen molar-refractivity contribution < 1.29 is 22.9 Å². The molecule has 1 aliphatic heterocycles. The largest absolute Gasteiger partial charge is 0.416 e. The highest BCUT2D eigenvalue weighted by Gasteiger charge is 2.34. The van der Waals surface area contributed by atoms with Crippen molar-refractivity contribution in [3.05, 3.63) is 70.0 Å². The zero-order chi connectivity index (χ0) is 22.9. The zero-order valence-corrected chi connectivity index (χ0v) is 16.4. The lowest BCUT2D eigenvalue weighted by Gasteiger charge is -2.36. The number of rotatable bonds is 4. The summed E-state index contributed by atoms with van der Waals surface area (Å²) in [5, 5.41) is 22.3. The van der Waals surface area contributed by atoms with E-state index in [1.165, 1.54) is 11.0 Å². The van der Waals surface area contributed by atoms with Crippen molar-refractivity contribution >= 4 is 17.3 Å². The van der Waals surface area contributed by atoms with Crippen LogP contribution >= 0.6 is 0 Å². The van der Waals surface area contributed by atoms with E-state index >= 15 is 0 Å². The van der Waals surface area contributed by atoms with Gasteiger partial charge < -0.3 is 9.80 Å². The fourth-order valence-electron chi connectivity index (χ4n) is 3.51. The standard InChI is InChI=1S/C19H16F3N7O3/c20-19(21,22)14-4-5-16(17(11-14)29(31)32)26-6-8-27(9-7-26)18(30)13-2-1-3-15(10-13)28-12-23-24-25-28/h1-5,10-12H,6-9H2. The first-order chi connectivity index (χ1) is 15.2. The minimum absolute atomic E-state index is 0.0933. The van der Waals surface area contributed by atoms with Crippen molar-refractivity contribution in [3.8, 4) is 5.69 Å². The number of alkyl halides is 3. The van der Waals surface area contributed by atoms with E-state index in [0.29, 0.717) is 17.3 Å². The predicted octanol–water partition coefficient (Wildman–Crippen LogP) is 2.55. The molecule has 10 nitrogen and oxygen atoms in total. The summed E-state index contributed by atoms with van der Waals surface area (Å²) in [6.45, 7) is 0.994. The summed E-state index contributed by atoms with van der Waals surface area (Å²) < 4.78 is 40.2. The number of amides is 1. The molecule has 0 N–H and O–H groups in total. The molecule has 0 unspecified atom stereocenters. The van der Waals surface area contributed by atoms with Gasteiger partial charge in [0.1, 0.15) is 12.0 Å². The zero-order valence-electron chi connectivity index (χ0n) is 16.4. The van der Waals surface area contributed by atoms with Gasteiger partial charge >= 0.3 is 6.18 Å². The number of nitro groups is 1. The molecular formula is C19H16F3N7O3. The minimum Gasteiger partial charge on any atom is -0.362 e. The van der Waals surface area contributed by atoms with E-state index < -0.39 is 22.4 Å². The molecule has 1 aromatic heterocycles. The monoisotopic (exact) mass is 447 g/mol. The maximum Gasteiger partial charge on any atom is 0.416 e. The molecular weight excluding hydrogens is 431 g/mol. The van der Waals surface area contributed by atoms with E-state index in [1.54, 1.807) is 34.1 Å². The average molecular weight is 447 g/mol. The summed E-state index contributed by atoms with van der Waals surface area (Å²) in [5.74, 6) is -0.235. The van der Waals surface area contributed by atoms with Crippen LogP contribution in [0.1, 0.15) is 15.9 Å². The Kier molecular flexibility index (Phi) is 5.47. The van der Waals surface area contributed by atoms with Gasteiger partial charge in [-0.2, -0.15) is 13.2 Å². The normalized spacial score (nSPS) is 14.5. The average Bonchev–Trinajstić information content (AvgIpc) is 3.33. The Labute approximate surface area is 179 Å². The van der Waals surface area contributed by atoms with Crippen molar-refractivity contribution in [1.82, 2.24) is 25.1 Å². The number of nitro benzene ring substituents is 1. The maximum absolute atomic E-state index is 12.9. The number of piperazine rings is 1. The first-order valence-corrected chi connectivity index (χ1v) is 9.47. The summed E-state index contributed by atoms with van der Waals surface area (Å²) in [7, 11) is 0. The van der Waals surface area contributed by atoms with E-state index in [9.17, 15) is 28.1 Å². The fourth-order valence-corrected chi connectivity index (χ4v) is 3.51. The molecule has 4 rings (SSSR count). The molecule has 1 saturated heterocycles. The third-order valence-corrected chi connectivity index (χ3v) is 5.11. The Morgan fingerprint density at radius 2 is 1.81 bits per heavy atom. The number of halogens is 3. The Balaban J connectivity index is 1.48. The van der Waals surface area contributed by atoms with Gasteiger partial charge in [0.05, 0.1) is 16.2 Å². The SMILES string of the molecule is O=C(c1cccc(-n2cnnn2)c1)N1CCN(c2ccc(C(F)(F)F)cc2[N+](=O)[O-])CC1. The third-order valence-electron chi connectivity index (χ3n) is 5.11. The number of benzene rings is 2. The molecule has 0 atom stereocenters. The number of tetrazole rings is 1. The summed E-state index contributed by atoms with van der Waals surface area (Å²) >= 11 is 0. The number of aromatic nitrogens is 4. The lowest BCUT2D eigenvalue weighted by atomic mass is 10.1. The summed E-state index contributed by atoms with van der Waals surface area (Å²) in [6.07, 6.45) is -3.27. The third kappa shape index (κ3) is 4.22. The van der Waals surface area contributed by atoms with Gasteiger partial charge in [-0.25, -0.2) is 4.68 Å². The fraction of sp³-hybridized carbons (Fsp3) is 0.263. The molecule has 0 spiro atoms. The van der Waals surface area contributed by atoms with Crippen LogP contribution in [0.4, 0.5) is 24.5 Å². The second-order valence-corrected chi connectivity index (χ2v) is 7.04. The van der Waals surface area contributed by atoms with Gasteiger partial charge in [0.2, 0.25) is 0 Å². The van der Waals surface area contributed by atoms with Crippen molar-refractivity contribution in [2.24, 2.45) is 0 Å². The van der Waals surface area contributed by atoms with Gasteiger partial charge in [-0.05, 0) is 40.8 Å². The van der Waals surface area contributed by atoms with Gasteiger partial charge in [0, 0.05) is 37.8 Å². The number of carbonyl (C=O) groups is 1. The van der Waals surface area contributed by atoms with Crippen LogP contribution in [-0.2, 0) is 6.18 Å². The predicted molar refractivity (Wildman–Crippen MR) is 105 cm³/mol. The van der Waals surface area contributed by atoms with Crippen LogP contribution in [-0.4, -0.2) is 62.1 Å². The highest BCUT2D eigenvalue weighted by Crippen LogP contribution is 2.36. The smallest absolute Gasteiger partial charge is 0.362 e. The van der Waals surface area contributed by atoms with Crippen molar-refractivity contribution in [2.75, 3.05) is 31.1 Å². The lowest BCUT2D eigenvalue weighted by molar-refractivity contribution is -0.384. The quantitative estimate of drug-likeness (QED) is 0.447. The van der Waals surface area contributed by atoms with E-state index in [4.69, 9.17) is 0 Å². The topological polar surface area (TPSA) is 110 Å². The minimum atomic E-state index is -4.68. The molecule has 0 aliphatic carbocycles. The number of hydrogen-bond donors (Lipinski definition) is 0. The molecule has 0 radical (unpaired) electrons. The molecule has 0 bridgehead atoms. The van der Waals surface area contributed by atoms with Crippen LogP contribution in [0.2, 0.25) is 0 Å². The van der Waals surface area contributed by atoms with Crippen molar-refractivity contribution in [3.63, 3.8) is 0 Å². The van der Waals surface area contributed by atoms with Gasteiger partial charge in [-0.15, -0.1) is 5.10 Å². The van der Waals surface area contributed by atoms with Crippen molar-refractivity contribution in [2.45, 2.75) is 6.18 Å². The molecule has 2 aromatic carbocycles. The Morgan fingerprint density at radius 3 is 2.44 bits per heavy atom. The Hall–Kier alpha value is -4.03. The van der Waals surface area contributed by atoms with Crippen LogP contribution in [0.15, 0.2) is 48.8 Å². The molecule has 1 fully saturated rings. The second kappa shape index (κ2) is 8.24. The second-order valence-electron chi connectivity index (χ2n) is 7.04. The highest BCUT2D eigenvalue weighted by molar-refractivity contribution is 5.95. The molecule has 1 amide bonds. The molecule has 32 heavy (non-hydrogen) atoms. The van der Waals surface area contributed by atoms with Crippen LogP contribution in [0.5, 0.6) is 0 Å². The molecule has 1 aliphatic rings. The Bertz CT molecular complexity index is 1140. The van der Waals surface area contributed by atoms with Crippen LogP contribution in [0, 0.1) is 10.1 Å². The van der Waals surface area contributed by atoms with Gasteiger partial charge in [-0.1, -0.05) is 6.07 Å². The summed E-state index contributed by atoms with van der Waals surface area (Å²) in [6, 6.07) is 9.21. The first-order valence-electron chi connectivity index (χ1n) is 9.47. The summed E-state index contributed by atoms with van der Waals surface area (Å²) in [5.41, 5.74) is -0.569. The number of carbonyl (C=O) groups excluding carboxylic acids is 1. The summed E-state index contributed by atoms with van der Waals surface area (Å²) in [4.78, 5) is 26.6. The number of anilines is 1. The van der Waals surface area contributed by atoms with E-state index in [1.807, 2.05) is 0 Å². The molecule has 0 saturated carbocycles.